The Bertz CT molecular complexity index is 210. The third-order valence-electron chi connectivity index (χ3n) is 1.98. The van der Waals surface area contributed by atoms with Gasteiger partial charge in [0.15, 0.2) is 0 Å². The van der Waals surface area contributed by atoms with Crippen LogP contribution in [0.4, 0.5) is 0 Å². The van der Waals surface area contributed by atoms with Gasteiger partial charge in [0.2, 0.25) is 5.91 Å². The first-order valence-electron chi connectivity index (χ1n) is 5.03. The summed E-state index contributed by atoms with van der Waals surface area (Å²) < 4.78 is 0. The van der Waals surface area contributed by atoms with E-state index >= 15 is 0 Å². The number of amides is 1. The minimum Gasteiger partial charge on any atom is -0.341 e. The Morgan fingerprint density at radius 3 is 2.64 bits per heavy atom. The van der Waals surface area contributed by atoms with Crippen LogP contribution in [0, 0.1) is 17.2 Å². The molecule has 0 fully saturated rings. The molecule has 0 rings (SSSR count). The summed E-state index contributed by atoms with van der Waals surface area (Å²) in [5, 5.41) is 11.6. The van der Waals surface area contributed by atoms with E-state index in [1.807, 2.05) is 20.8 Å². The van der Waals surface area contributed by atoms with Gasteiger partial charge < -0.3 is 10.2 Å². The molecule has 0 saturated carbocycles. The Kier molecular flexibility index (Phi) is 6.77. The zero-order chi connectivity index (χ0) is 11.0. The summed E-state index contributed by atoms with van der Waals surface area (Å²) in [5.41, 5.74) is 0. The fraction of sp³-hybridized carbons (Fsp3) is 0.800. The maximum absolute atomic E-state index is 11.5. The average molecular weight is 197 g/mol. The van der Waals surface area contributed by atoms with Crippen molar-refractivity contribution in [2.75, 3.05) is 26.2 Å². The predicted molar refractivity (Wildman–Crippen MR) is 55.6 cm³/mol. The van der Waals surface area contributed by atoms with Crippen LogP contribution in [0.2, 0.25) is 0 Å². The minimum absolute atomic E-state index is 0.0662. The number of likely N-dealkylation sites (N-methyl/N-ethyl adjacent to an activating group) is 2. The van der Waals surface area contributed by atoms with Gasteiger partial charge in [0.05, 0.1) is 18.5 Å². The zero-order valence-electron chi connectivity index (χ0n) is 9.21. The van der Waals surface area contributed by atoms with Gasteiger partial charge in [0.25, 0.3) is 0 Å². The standard InChI is InChI=1S/C10H19N3O/c1-4-12-7-10(14)13(5-2)8-9(3)6-11/h9,12H,4-5,7-8H2,1-3H3. The molecule has 0 heterocycles. The molecule has 0 saturated heterocycles. The number of nitrogens with one attached hydrogen (secondary N) is 1. The Labute approximate surface area is 85.9 Å². The smallest absolute Gasteiger partial charge is 0.236 e. The monoisotopic (exact) mass is 197 g/mol. The van der Waals surface area contributed by atoms with Gasteiger partial charge in [0, 0.05) is 13.1 Å². The normalized spacial score (nSPS) is 11.9. The first-order chi connectivity index (χ1) is 6.65. The Hall–Kier alpha value is -1.08. The van der Waals surface area contributed by atoms with Crippen molar-refractivity contribution in [3.63, 3.8) is 0 Å². The molecule has 80 valence electrons. The van der Waals surface area contributed by atoms with E-state index in [1.54, 1.807) is 4.90 Å². The average Bonchev–Trinajstić information content (AvgIpc) is 2.21. The van der Waals surface area contributed by atoms with Gasteiger partial charge in [-0.1, -0.05) is 6.92 Å². The van der Waals surface area contributed by atoms with E-state index in [0.717, 1.165) is 6.54 Å². The van der Waals surface area contributed by atoms with Crippen molar-refractivity contribution in [1.29, 1.82) is 5.26 Å². The molecule has 0 aliphatic rings. The summed E-state index contributed by atoms with van der Waals surface area (Å²) in [7, 11) is 0. The largest absolute Gasteiger partial charge is 0.341 e. The Balaban J connectivity index is 4.00. The predicted octanol–water partition coefficient (Wildman–Crippen LogP) is 0.604. The third-order valence-corrected chi connectivity index (χ3v) is 1.98. The van der Waals surface area contributed by atoms with Crippen LogP contribution in [0.5, 0.6) is 0 Å². The fourth-order valence-corrected chi connectivity index (χ4v) is 1.12. The van der Waals surface area contributed by atoms with E-state index in [4.69, 9.17) is 5.26 Å². The number of nitrogens with zero attached hydrogens (tertiary/aromatic N) is 2. The SMILES string of the molecule is CCNCC(=O)N(CC)CC(C)C#N. The molecule has 0 aromatic rings. The van der Waals surface area contributed by atoms with Gasteiger partial charge >= 0.3 is 0 Å². The van der Waals surface area contributed by atoms with Gasteiger partial charge in [-0.05, 0) is 20.4 Å². The molecule has 0 radical (unpaired) electrons. The summed E-state index contributed by atoms with van der Waals surface area (Å²) in [5.74, 6) is -0.0306. The molecule has 0 aromatic heterocycles. The van der Waals surface area contributed by atoms with E-state index < -0.39 is 0 Å². The van der Waals surface area contributed by atoms with Crippen LogP contribution in [0.25, 0.3) is 0 Å². The molecule has 4 nitrogen and oxygen atoms in total. The highest BCUT2D eigenvalue weighted by atomic mass is 16.2. The number of rotatable bonds is 6. The number of hydrogen-bond donors (Lipinski definition) is 1. The third kappa shape index (κ3) is 4.83. The summed E-state index contributed by atoms with van der Waals surface area (Å²) in [4.78, 5) is 13.2. The van der Waals surface area contributed by atoms with E-state index in [1.165, 1.54) is 0 Å². The lowest BCUT2D eigenvalue weighted by Crippen LogP contribution is -2.40. The van der Waals surface area contributed by atoms with Crippen molar-refractivity contribution in [2.24, 2.45) is 5.92 Å². The van der Waals surface area contributed by atoms with Crippen molar-refractivity contribution in [3.05, 3.63) is 0 Å². The van der Waals surface area contributed by atoms with Gasteiger partial charge in [-0.2, -0.15) is 5.26 Å². The van der Waals surface area contributed by atoms with Crippen molar-refractivity contribution < 1.29 is 4.79 Å². The summed E-state index contributed by atoms with van der Waals surface area (Å²) in [6.07, 6.45) is 0. The van der Waals surface area contributed by atoms with Crippen LogP contribution in [-0.4, -0.2) is 37.0 Å². The molecule has 1 N–H and O–H groups in total. The first kappa shape index (κ1) is 12.9. The Morgan fingerprint density at radius 2 is 2.21 bits per heavy atom. The van der Waals surface area contributed by atoms with Crippen LogP contribution in [0.3, 0.4) is 0 Å². The van der Waals surface area contributed by atoms with Crippen molar-refractivity contribution in [1.82, 2.24) is 10.2 Å². The maximum atomic E-state index is 11.5. The zero-order valence-corrected chi connectivity index (χ0v) is 9.21. The molecule has 0 aliphatic carbocycles. The quantitative estimate of drug-likeness (QED) is 0.678. The lowest BCUT2D eigenvalue weighted by molar-refractivity contribution is -0.130. The topological polar surface area (TPSA) is 56.1 Å². The highest BCUT2D eigenvalue weighted by molar-refractivity contribution is 5.78. The van der Waals surface area contributed by atoms with Crippen LogP contribution in [0.1, 0.15) is 20.8 Å². The van der Waals surface area contributed by atoms with Crippen molar-refractivity contribution in [2.45, 2.75) is 20.8 Å². The van der Waals surface area contributed by atoms with E-state index in [-0.39, 0.29) is 11.8 Å². The van der Waals surface area contributed by atoms with Crippen LogP contribution >= 0.6 is 0 Å². The molecule has 14 heavy (non-hydrogen) atoms. The lowest BCUT2D eigenvalue weighted by atomic mass is 10.2. The van der Waals surface area contributed by atoms with Gasteiger partial charge in [-0.15, -0.1) is 0 Å². The van der Waals surface area contributed by atoms with E-state index in [9.17, 15) is 4.79 Å². The second-order valence-corrected chi connectivity index (χ2v) is 3.24. The molecule has 1 unspecified atom stereocenters. The highest BCUT2D eigenvalue weighted by Gasteiger charge is 2.13. The van der Waals surface area contributed by atoms with Crippen LogP contribution in [0.15, 0.2) is 0 Å². The highest BCUT2D eigenvalue weighted by Crippen LogP contribution is 1.98. The Morgan fingerprint density at radius 1 is 1.57 bits per heavy atom. The van der Waals surface area contributed by atoms with Gasteiger partial charge in [0.1, 0.15) is 0 Å². The van der Waals surface area contributed by atoms with Crippen LogP contribution < -0.4 is 5.32 Å². The molecule has 4 heteroatoms. The van der Waals surface area contributed by atoms with E-state index in [0.29, 0.717) is 19.6 Å². The summed E-state index contributed by atoms with van der Waals surface area (Å²) >= 11 is 0. The first-order valence-corrected chi connectivity index (χ1v) is 5.03. The second kappa shape index (κ2) is 7.34. The summed E-state index contributed by atoms with van der Waals surface area (Å²) in [6.45, 7) is 8.05. The lowest BCUT2D eigenvalue weighted by Gasteiger charge is -2.21. The van der Waals surface area contributed by atoms with Crippen molar-refractivity contribution >= 4 is 5.91 Å². The minimum atomic E-state index is -0.0967. The van der Waals surface area contributed by atoms with Gasteiger partial charge in [-0.3, -0.25) is 4.79 Å². The maximum Gasteiger partial charge on any atom is 0.236 e. The fourth-order valence-electron chi connectivity index (χ4n) is 1.12. The van der Waals surface area contributed by atoms with Crippen molar-refractivity contribution in [3.8, 4) is 6.07 Å². The second-order valence-electron chi connectivity index (χ2n) is 3.24. The molecule has 0 aliphatic heterocycles. The molecular weight excluding hydrogens is 178 g/mol. The number of carbonyl (C=O) groups excluding carboxylic acids is 1. The molecule has 0 bridgehead atoms. The molecular formula is C10H19N3O. The van der Waals surface area contributed by atoms with Gasteiger partial charge in [-0.25, -0.2) is 0 Å². The summed E-state index contributed by atoms with van der Waals surface area (Å²) in [6, 6.07) is 2.13. The molecule has 1 amide bonds. The van der Waals surface area contributed by atoms with E-state index in [2.05, 4.69) is 11.4 Å². The van der Waals surface area contributed by atoms with Crippen LogP contribution in [-0.2, 0) is 4.79 Å². The number of carbonyl (C=O) groups is 1. The molecule has 1 atom stereocenters. The number of hydrogen-bond acceptors (Lipinski definition) is 3. The number of nitriles is 1. The molecule has 0 spiro atoms. The molecule has 0 aromatic carbocycles.